The number of methoxy groups -OCH3 is 1. The predicted octanol–water partition coefficient (Wildman–Crippen LogP) is 3.98. The van der Waals surface area contributed by atoms with Crippen LogP contribution in [0.5, 0.6) is 5.75 Å². The lowest BCUT2D eigenvalue weighted by atomic mass is 10.1. The number of aromatic nitrogens is 2. The third-order valence-electron chi connectivity index (χ3n) is 4.80. The summed E-state index contributed by atoms with van der Waals surface area (Å²) in [5, 5.41) is 11.2. The minimum absolute atomic E-state index is 0.0570. The Kier molecular flexibility index (Phi) is 6.47. The van der Waals surface area contributed by atoms with Crippen molar-refractivity contribution in [3.8, 4) is 5.75 Å². The van der Waals surface area contributed by atoms with E-state index >= 15 is 0 Å². The topological polar surface area (TPSA) is 90.3 Å². The highest BCUT2D eigenvalue weighted by Gasteiger charge is 2.34. The summed E-state index contributed by atoms with van der Waals surface area (Å²) in [5.74, 6) is 2.27. The van der Waals surface area contributed by atoms with E-state index in [1.807, 2.05) is 49.8 Å². The van der Waals surface area contributed by atoms with Crippen LogP contribution in [0, 0.1) is 0 Å². The molecule has 0 bridgehead atoms. The molecular weight excluding hydrogens is 430 g/mol. The van der Waals surface area contributed by atoms with Crippen molar-refractivity contribution in [1.29, 1.82) is 0 Å². The van der Waals surface area contributed by atoms with Crippen LogP contribution >= 0.6 is 24.6 Å². The Morgan fingerprint density at radius 1 is 1.42 bits per heavy atom. The van der Waals surface area contributed by atoms with Gasteiger partial charge in [-0.25, -0.2) is 9.39 Å². The molecular formula is C21H23N7OS2. The predicted molar refractivity (Wildman–Crippen MR) is 129 cm³/mol. The number of aliphatic imine (C=N–C) groups is 2. The number of fused-ring (bicyclic) bond motifs is 1. The van der Waals surface area contributed by atoms with Gasteiger partial charge in [-0.15, -0.1) is 0 Å². The van der Waals surface area contributed by atoms with Crippen LogP contribution in [-0.4, -0.2) is 46.1 Å². The fourth-order valence-corrected chi connectivity index (χ4v) is 4.20. The summed E-state index contributed by atoms with van der Waals surface area (Å²) in [6.45, 7) is 6.64. The van der Waals surface area contributed by atoms with E-state index in [0.29, 0.717) is 18.8 Å². The van der Waals surface area contributed by atoms with E-state index in [0.717, 1.165) is 38.5 Å². The largest absolute Gasteiger partial charge is 0.497 e. The molecule has 0 radical (unpaired) electrons. The first-order valence-corrected chi connectivity index (χ1v) is 10.9. The minimum atomic E-state index is 0.0570. The van der Waals surface area contributed by atoms with E-state index < -0.39 is 0 Å². The molecule has 2 aliphatic heterocycles. The van der Waals surface area contributed by atoms with Crippen molar-refractivity contribution in [2.24, 2.45) is 14.4 Å². The summed E-state index contributed by atoms with van der Waals surface area (Å²) in [6, 6.07) is 7.96. The molecule has 2 aromatic rings. The molecule has 0 fully saturated rings. The van der Waals surface area contributed by atoms with Crippen molar-refractivity contribution in [2.45, 2.75) is 24.3 Å². The molecule has 1 unspecified atom stereocenters. The number of rotatable bonds is 7. The second-order valence-corrected chi connectivity index (χ2v) is 8.36. The fraction of sp³-hybridized carbons (Fsp3) is 0.238. The molecule has 2 aliphatic rings. The molecule has 0 amide bonds. The normalized spacial score (nSPS) is 18.2. The molecule has 0 saturated heterocycles. The number of H-pyrrole nitrogens is 1. The number of hydrogen-bond acceptors (Lipinski definition) is 9. The maximum Gasteiger partial charge on any atom is 0.174 e. The maximum atomic E-state index is 5.25. The number of aromatic amines is 1. The van der Waals surface area contributed by atoms with Gasteiger partial charge < -0.3 is 15.0 Å². The first-order valence-electron chi connectivity index (χ1n) is 9.64. The van der Waals surface area contributed by atoms with Crippen LogP contribution in [0.15, 0.2) is 79.4 Å². The number of allylic oxidation sites excluding steroid dienone is 1. The third kappa shape index (κ3) is 4.86. The second kappa shape index (κ2) is 9.44. The number of thioether (sulfide) groups is 1. The first-order chi connectivity index (χ1) is 15.1. The summed E-state index contributed by atoms with van der Waals surface area (Å²) >= 11 is 5.55. The van der Waals surface area contributed by atoms with Crippen molar-refractivity contribution in [3.05, 3.63) is 65.7 Å². The van der Waals surface area contributed by atoms with Crippen LogP contribution in [0.4, 0.5) is 0 Å². The highest BCUT2D eigenvalue weighted by atomic mass is 32.2. The summed E-state index contributed by atoms with van der Waals surface area (Å²) in [4.78, 5) is 12.8. The first kappa shape index (κ1) is 21.3. The number of nitrogens with one attached hydrogen (secondary N) is 2. The molecule has 0 saturated carbocycles. The van der Waals surface area contributed by atoms with Gasteiger partial charge in [-0.3, -0.25) is 10.1 Å². The second-order valence-electron chi connectivity index (χ2n) is 7.06. The van der Waals surface area contributed by atoms with Gasteiger partial charge in [0.1, 0.15) is 10.8 Å². The molecule has 10 heteroatoms. The monoisotopic (exact) mass is 453 g/mol. The van der Waals surface area contributed by atoms with Gasteiger partial charge >= 0.3 is 0 Å². The average molecular weight is 454 g/mol. The Hall–Kier alpha value is -2.98. The van der Waals surface area contributed by atoms with Crippen LogP contribution in [-0.2, 0) is 0 Å². The lowest BCUT2D eigenvalue weighted by molar-refractivity contribution is 0.414. The number of nitrogens with zero attached hydrogens (tertiary/aromatic N) is 5. The Morgan fingerprint density at radius 2 is 2.23 bits per heavy atom. The Balaban J connectivity index is 1.61. The van der Waals surface area contributed by atoms with Gasteiger partial charge in [-0.2, -0.15) is 5.10 Å². The van der Waals surface area contributed by atoms with Crippen LogP contribution in [0.2, 0.25) is 0 Å². The standard InChI is InChI=1S/C21H23N7OS2/c1-13(8-14(2)27-30)25-20-21-22-11-18(15-9-23-24-10-15)28(21)12-19(26-20)31-17-6-4-16(29-3)5-7-17/h4-7,9-10,12,18,30H,1,8,11H2,2-3H3,(H,23,24)(H,25,26). The van der Waals surface area contributed by atoms with E-state index in [2.05, 4.69) is 44.2 Å². The van der Waals surface area contributed by atoms with E-state index in [-0.39, 0.29) is 6.04 Å². The zero-order chi connectivity index (χ0) is 21.8. The molecule has 0 aliphatic carbocycles. The molecule has 1 atom stereocenters. The van der Waals surface area contributed by atoms with Crippen molar-refractivity contribution in [1.82, 2.24) is 20.4 Å². The van der Waals surface area contributed by atoms with E-state index in [4.69, 9.17) is 14.7 Å². The number of ether oxygens (including phenoxy) is 1. The van der Waals surface area contributed by atoms with Gasteiger partial charge in [-0.05, 0) is 44.0 Å². The van der Waals surface area contributed by atoms with Gasteiger partial charge in [0.2, 0.25) is 0 Å². The van der Waals surface area contributed by atoms with Crippen molar-refractivity contribution in [2.75, 3.05) is 13.7 Å². The Bertz CT molecular complexity index is 1070. The van der Waals surface area contributed by atoms with Gasteiger partial charge in [0.15, 0.2) is 11.7 Å². The van der Waals surface area contributed by atoms with Crippen LogP contribution < -0.4 is 10.1 Å². The number of amidine groups is 2. The Morgan fingerprint density at radius 3 is 2.90 bits per heavy atom. The van der Waals surface area contributed by atoms with Crippen LogP contribution in [0.1, 0.15) is 24.9 Å². The molecule has 1 aromatic heterocycles. The molecule has 1 aromatic carbocycles. The van der Waals surface area contributed by atoms with E-state index in [1.54, 1.807) is 18.9 Å². The van der Waals surface area contributed by atoms with Crippen molar-refractivity contribution in [3.63, 3.8) is 0 Å². The van der Waals surface area contributed by atoms with Gasteiger partial charge in [0.25, 0.3) is 0 Å². The van der Waals surface area contributed by atoms with Crippen molar-refractivity contribution < 1.29 is 4.74 Å². The Labute approximate surface area is 190 Å². The SMILES string of the molecule is C=C(CC(C)=NS)NC1=NC(Sc2ccc(OC)cc2)=CN2C1=NCC2c1cn[nH]c1. The zero-order valence-corrected chi connectivity index (χ0v) is 19.0. The molecule has 31 heavy (non-hydrogen) atoms. The minimum Gasteiger partial charge on any atom is -0.497 e. The molecule has 0 spiro atoms. The highest BCUT2D eigenvalue weighted by molar-refractivity contribution is 8.03. The molecule has 3 heterocycles. The van der Waals surface area contributed by atoms with Crippen molar-refractivity contribution >= 4 is 42.0 Å². The lowest BCUT2D eigenvalue weighted by Gasteiger charge is -2.28. The quantitative estimate of drug-likeness (QED) is 0.436. The van der Waals surface area contributed by atoms with Gasteiger partial charge in [-0.1, -0.05) is 18.3 Å². The average Bonchev–Trinajstić information content (AvgIpc) is 3.44. The maximum absolute atomic E-state index is 5.25. The lowest BCUT2D eigenvalue weighted by Crippen LogP contribution is -2.41. The highest BCUT2D eigenvalue weighted by Crippen LogP contribution is 2.36. The van der Waals surface area contributed by atoms with E-state index in [9.17, 15) is 0 Å². The van der Waals surface area contributed by atoms with Crippen LogP contribution in [0.25, 0.3) is 0 Å². The van der Waals surface area contributed by atoms with Crippen LogP contribution in [0.3, 0.4) is 0 Å². The summed E-state index contributed by atoms with van der Waals surface area (Å²) in [6.07, 6.45) is 6.34. The molecule has 8 nitrogen and oxygen atoms in total. The summed E-state index contributed by atoms with van der Waals surface area (Å²) in [7, 11) is 1.66. The number of hydrogen-bond donors (Lipinski definition) is 3. The smallest absolute Gasteiger partial charge is 0.174 e. The van der Waals surface area contributed by atoms with E-state index in [1.165, 1.54) is 0 Å². The molecule has 4 rings (SSSR count). The third-order valence-corrected chi connectivity index (χ3v) is 6.05. The fourth-order valence-electron chi connectivity index (χ4n) is 3.31. The van der Waals surface area contributed by atoms with Gasteiger partial charge in [0.05, 0.1) is 25.9 Å². The number of benzene rings is 1. The van der Waals surface area contributed by atoms with Gasteiger partial charge in [0, 0.05) is 40.7 Å². The molecule has 2 N–H and O–H groups in total. The summed E-state index contributed by atoms with van der Waals surface area (Å²) < 4.78 is 9.17. The molecule has 160 valence electrons. The zero-order valence-electron chi connectivity index (χ0n) is 17.2. The number of thiol groups is 1. The summed E-state index contributed by atoms with van der Waals surface area (Å²) in [5.41, 5.74) is 2.71.